The second-order valence-corrected chi connectivity index (χ2v) is 6.35. The topological polar surface area (TPSA) is 77.7 Å². The summed E-state index contributed by atoms with van der Waals surface area (Å²) in [5, 5.41) is 7.86. The average Bonchev–Trinajstić information content (AvgIpc) is 2.96. The summed E-state index contributed by atoms with van der Waals surface area (Å²) < 4.78 is 16.6. The van der Waals surface area contributed by atoms with E-state index >= 15 is 0 Å². The number of carbonyl (C=O) groups excluding carboxylic acids is 1. The van der Waals surface area contributed by atoms with Gasteiger partial charge in [0.2, 0.25) is 17.7 Å². The maximum atomic E-state index is 13.0. The first-order chi connectivity index (χ1) is 11.1. The summed E-state index contributed by atoms with van der Waals surface area (Å²) in [5.41, 5.74) is -0.234. The molecule has 2 heterocycles. The number of aromatic nitrogens is 2. The van der Waals surface area contributed by atoms with E-state index in [-0.39, 0.29) is 17.4 Å². The lowest BCUT2D eigenvalue weighted by Gasteiger charge is -2.45. The van der Waals surface area contributed by atoms with E-state index in [1.807, 2.05) is 11.8 Å². The third-order valence-corrected chi connectivity index (χ3v) is 4.86. The molecule has 128 valence electrons. The third kappa shape index (κ3) is 3.40. The lowest BCUT2D eigenvalue weighted by Crippen LogP contribution is -2.52. The number of rotatable bonds is 6. The summed E-state index contributed by atoms with van der Waals surface area (Å²) in [6.45, 7) is 6.68. The van der Waals surface area contributed by atoms with Crippen LogP contribution in [0.5, 0.6) is 0 Å². The van der Waals surface area contributed by atoms with Gasteiger partial charge >= 0.3 is 0 Å². The Balaban J connectivity index is 1.64. The van der Waals surface area contributed by atoms with E-state index in [1.165, 1.54) is 0 Å². The molecule has 3 rings (SSSR count). The second-order valence-electron chi connectivity index (χ2n) is 6.35. The van der Waals surface area contributed by atoms with Crippen molar-refractivity contribution in [3.8, 4) is 0 Å². The van der Waals surface area contributed by atoms with Crippen molar-refractivity contribution in [3.63, 3.8) is 0 Å². The van der Waals surface area contributed by atoms with E-state index in [9.17, 15) is 4.79 Å². The maximum absolute atomic E-state index is 13.0. The van der Waals surface area contributed by atoms with E-state index in [4.69, 9.17) is 13.9 Å². The largest absolute Gasteiger partial charge is 0.423 e. The summed E-state index contributed by atoms with van der Waals surface area (Å²) in [6, 6.07) is 0. The van der Waals surface area contributed by atoms with E-state index in [0.29, 0.717) is 44.7 Å². The Labute approximate surface area is 136 Å². The molecule has 0 aromatic carbocycles. The summed E-state index contributed by atoms with van der Waals surface area (Å²) >= 11 is 0. The van der Waals surface area contributed by atoms with Gasteiger partial charge in [-0.25, -0.2) is 0 Å². The predicted molar refractivity (Wildman–Crippen MR) is 81.7 cm³/mol. The van der Waals surface area contributed by atoms with E-state index < -0.39 is 0 Å². The Morgan fingerprint density at radius 2 is 2.26 bits per heavy atom. The lowest BCUT2D eigenvalue weighted by atomic mass is 9.65. The van der Waals surface area contributed by atoms with Gasteiger partial charge < -0.3 is 18.8 Å². The summed E-state index contributed by atoms with van der Waals surface area (Å²) in [5.74, 6) is 1.20. The first-order valence-corrected chi connectivity index (χ1v) is 8.43. The van der Waals surface area contributed by atoms with Gasteiger partial charge in [-0.15, -0.1) is 10.2 Å². The molecule has 1 saturated heterocycles. The Morgan fingerprint density at radius 1 is 1.43 bits per heavy atom. The molecular formula is C16H25N3O4. The van der Waals surface area contributed by atoms with E-state index in [0.717, 1.165) is 25.7 Å². The minimum atomic E-state index is -0.321. The van der Waals surface area contributed by atoms with Crippen LogP contribution in [0.3, 0.4) is 0 Å². The molecule has 1 aliphatic heterocycles. The average molecular weight is 323 g/mol. The molecule has 23 heavy (non-hydrogen) atoms. The maximum Gasteiger partial charge on any atom is 0.246 e. The third-order valence-electron chi connectivity index (χ3n) is 4.86. The molecule has 1 atom stereocenters. The zero-order chi connectivity index (χ0) is 16.3. The van der Waals surface area contributed by atoms with Gasteiger partial charge in [0.1, 0.15) is 0 Å². The molecule has 0 bridgehead atoms. The van der Waals surface area contributed by atoms with Crippen LogP contribution in [-0.4, -0.2) is 53.9 Å². The van der Waals surface area contributed by atoms with Crippen molar-refractivity contribution in [2.24, 2.45) is 5.41 Å². The number of nitrogens with zero attached hydrogens (tertiary/aromatic N) is 3. The number of hydrogen-bond acceptors (Lipinski definition) is 6. The van der Waals surface area contributed by atoms with Gasteiger partial charge in [-0.2, -0.15) is 0 Å². The Morgan fingerprint density at radius 3 is 2.87 bits per heavy atom. The molecular weight excluding hydrogens is 298 g/mol. The monoisotopic (exact) mass is 323 g/mol. The molecule has 1 aromatic rings. The van der Waals surface area contributed by atoms with Gasteiger partial charge in [0.25, 0.3) is 0 Å². The molecule has 7 nitrogen and oxygen atoms in total. The standard InChI is InChI=1S/C16H25N3O4/c1-3-21-9-7-16(5-4-6-16)15(20)19-8-10-22-13(11-19)14-18-17-12(2)23-14/h13H,3-11H2,1-2H3. The fraction of sp³-hybridized carbons (Fsp3) is 0.812. The Bertz CT molecular complexity index is 541. The first kappa shape index (κ1) is 16.4. The SMILES string of the molecule is CCOCCC1(C(=O)N2CCOC(c3nnc(C)o3)C2)CCC1. The highest BCUT2D eigenvalue weighted by Gasteiger charge is 2.47. The van der Waals surface area contributed by atoms with Crippen LogP contribution in [0, 0.1) is 12.3 Å². The molecule has 1 aromatic heterocycles. The van der Waals surface area contributed by atoms with Crippen LogP contribution >= 0.6 is 0 Å². The quantitative estimate of drug-likeness (QED) is 0.744. The van der Waals surface area contributed by atoms with Gasteiger partial charge in [-0.05, 0) is 26.2 Å². The summed E-state index contributed by atoms with van der Waals surface area (Å²) in [7, 11) is 0. The van der Waals surface area contributed by atoms with Gasteiger partial charge in [-0.3, -0.25) is 4.79 Å². The van der Waals surface area contributed by atoms with Crippen molar-refractivity contribution in [2.45, 2.75) is 45.6 Å². The van der Waals surface area contributed by atoms with Crippen molar-refractivity contribution in [2.75, 3.05) is 32.9 Å². The van der Waals surface area contributed by atoms with E-state index in [1.54, 1.807) is 6.92 Å². The number of morpholine rings is 1. The molecule has 1 saturated carbocycles. The molecule has 1 unspecified atom stereocenters. The Hall–Kier alpha value is -1.47. The number of ether oxygens (including phenoxy) is 2. The molecule has 0 radical (unpaired) electrons. The fourth-order valence-electron chi connectivity index (χ4n) is 3.35. The highest BCUT2D eigenvalue weighted by molar-refractivity contribution is 5.83. The minimum absolute atomic E-state index is 0.230. The molecule has 0 N–H and O–H groups in total. The van der Waals surface area contributed by atoms with Crippen LogP contribution in [-0.2, 0) is 14.3 Å². The van der Waals surface area contributed by atoms with Gasteiger partial charge in [-0.1, -0.05) is 6.42 Å². The van der Waals surface area contributed by atoms with Crippen LogP contribution in [0.1, 0.15) is 50.5 Å². The van der Waals surface area contributed by atoms with Crippen LogP contribution in [0.15, 0.2) is 4.42 Å². The molecule has 2 aliphatic rings. The van der Waals surface area contributed by atoms with Crippen molar-refractivity contribution in [1.29, 1.82) is 0 Å². The zero-order valence-corrected chi connectivity index (χ0v) is 13.9. The van der Waals surface area contributed by atoms with Gasteiger partial charge in [0.15, 0.2) is 6.10 Å². The van der Waals surface area contributed by atoms with Crippen LogP contribution < -0.4 is 0 Å². The van der Waals surface area contributed by atoms with Crippen molar-refractivity contribution >= 4 is 5.91 Å². The van der Waals surface area contributed by atoms with Crippen LogP contribution in [0.2, 0.25) is 0 Å². The highest BCUT2D eigenvalue weighted by atomic mass is 16.5. The normalized spacial score (nSPS) is 23.6. The van der Waals surface area contributed by atoms with E-state index in [2.05, 4.69) is 10.2 Å². The minimum Gasteiger partial charge on any atom is -0.423 e. The number of aryl methyl sites for hydroxylation is 1. The van der Waals surface area contributed by atoms with Crippen LogP contribution in [0.4, 0.5) is 0 Å². The summed E-state index contributed by atoms with van der Waals surface area (Å²) in [4.78, 5) is 14.9. The molecule has 1 amide bonds. The predicted octanol–water partition coefficient (Wildman–Crippen LogP) is 1.87. The molecule has 7 heteroatoms. The Kier molecular flexibility index (Phi) is 4.96. The number of hydrogen-bond donors (Lipinski definition) is 0. The zero-order valence-electron chi connectivity index (χ0n) is 13.9. The van der Waals surface area contributed by atoms with Gasteiger partial charge in [0, 0.05) is 26.7 Å². The second kappa shape index (κ2) is 6.97. The summed E-state index contributed by atoms with van der Waals surface area (Å²) in [6.07, 6.45) is 3.52. The first-order valence-electron chi connectivity index (χ1n) is 8.43. The highest BCUT2D eigenvalue weighted by Crippen LogP contribution is 2.46. The number of carbonyl (C=O) groups is 1. The molecule has 1 aliphatic carbocycles. The van der Waals surface area contributed by atoms with Crippen LogP contribution in [0.25, 0.3) is 0 Å². The van der Waals surface area contributed by atoms with Crippen molar-refractivity contribution in [1.82, 2.24) is 15.1 Å². The molecule has 0 spiro atoms. The molecule has 2 fully saturated rings. The van der Waals surface area contributed by atoms with Crippen molar-refractivity contribution < 1.29 is 18.7 Å². The van der Waals surface area contributed by atoms with Crippen molar-refractivity contribution in [3.05, 3.63) is 11.8 Å². The van der Waals surface area contributed by atoms with Gasteiger partial charge in [0.05, 0.1) is 18.6 Å². The number of amides is 1. The lowest BCUT2D eigenvalue weighted by molar-refractivity contribution is -0.157. The smallest absolute Gasteiger partial charge is 0.246 e. The fourth-order valence-corrected chi connectivity index (χ4v) is 3.35.